The third-order valence-electron chi connectivity index (χ3n) is 2.36. The first-order valence-corrected chi connectivity index (χ1v) is 7.43. The molecule has 0 heterocycles. The monoisotopic (exact) mass is 290 g/mol. The lowest BCUT2D eigenvalue weighted by Gasteiger charge is -2.17. The van der Waals surface area contributed by atoms with Crippen LogP contribution < -0.4 is 5.32 Å². The number of anilines is 1. The molecule has 0 aliphatic carbocycles. The van der Waals surface area contributed by atoms with Crippen LogP contribution in [0.15, 0.2) is 12.1 Å². The summed E-state index contributed by atoms with van der Waals surface area (Å²) in [5.41, 5.74) is 1.32. The molecular weight excluding hydrogens is 276 g/mol. The van der Waals surface area contributed by atoms with Crippen molar-refractivity contribution in [2.45, 2.75) is 19.9 Å². The fourth-order valence-electron chi connectivity index (χ4n) is 1.65. The van der Waals surface area contributed by atoms with E-state index in [1.807, 2.05) is 6.92 Å². The number of nitro groups is 1. The first-order valence-electron chi connectivity index (χ1n) is 5.32. The Labute approximate surface area is 113 Å². The summed E-state index contributed by atoms with van der Waals surface area (Å²) < 4.78 is 11.1. The smallest absolute Gasteiger partial charge is 0.271 e. The molecular formula is C11H15ClN2O3S. The third-order valence-corrected chi connectivity index (χ3v) is 3.63. The van der Waals surface area contributed by atoms with Crippen LogP contribution in [-0.4, -0.2) is 27.2 Å². The highest BCUT2D eigenvalue weighted by molar-refractivity contribution is 7.84. The van der Waals surface area contributed by atoms with Crippen LogP contribution in [0.5, 0.6) is 0 Å². The Bertz CT molecular complexity index is 470. The first kappa shape index (κ1) is 14.9. The standard InChI is InChI=1S/C11H15ClN2O3S/c1-7-4-9(14(15)16)5-10(12)11(7)13-8(2)6-18(3)17/h4-5,8,13H,6H2,1-3H3/t8-,18+/m0/s1. The highest BCUT2D eigenvalue weighted by Gasteiger charge is 2.15. The van der Waals surface area contributed by atoms with Crippen molar-refractivity contribution < 1.29 is 9.13 Å². The van der Waals surface area contributed by atoms with Gasteiger partial charge in [-0.2, -0.15) is 0 Å². The Morgan fingerprint density at radius 3 is 2.61 bits per heavy atom. The molecule has 0 amide bonds. The molecule has 5 nitrogen and oxygen atoms in total. The summed E-state index contributed by atoms with van der Waals surface area (Å²) in [5.74, 6) is 0.493. The summed E-state index contributed by atoms with van der Waals surface area (Å²) in [6.07, 6.45) is 1.63. The van der Waals surface area contributed by atoms with Crippen LogP contribution in [-0.2, 0) is 10.8 Å². The van der Waals surface area contributed by atoms with Crippen molar-refractivity contribution >= 4 is 33.8 Å². The second-order valence-electron chi connectivity index (χ2n) is 4.16. The molecule has 1 rings (SSSR count). The number of hydrogen-bond donors (Lipinski definition) is 1. The van der Waals surface area contributed by atoms with Crippen molar-refractivity contribution in [2.24, 2.45) is 0 Å². The van der Waals surface area contributed by atoms with E-state index < -0.39 is 15.7 Å². The normalized spacial score (nSPS) is 14.0. The van der Waals surface area contributed by atoms with Crippen molar-refractivity contribution in [1.29, 1.82) is 0 Å². The van der Waals surface area contributed by atoms with Gasteiger partial charge in [0.1, 0.15) is 0 Å². The van der Waals surface area contributed by atoms with E-state index in [0.717, 1.165) is 0 Å². The number of nitro benzene ring substituents is 1. The molecule has 0 aliphatic rings. The SMILES string of the molecule is Cc1cc([N+](=O)[O-])cc(Cl)c1N[C@@H](C)C[S@@](C)=O. The van der Waals surface area contributed by atoms with Gasteiger partial charge in [-0.3, -0.25) is 14.3 Å². The summed E-state index contributed by atoms with van der Waals surface area (Å²) in [6.45, 7) is 3.63. The Morgan fingerprint density at radius 1 is 1.56 bits per heavy atom. The summed E-state index contributed by atoms with van der Waals surface area (Å²) in [4.78, 5) is 10.2. The van der Waals surface area contributed by atoms with E-state index in [1.165, 1.54) is 12.1 Å². The van der Waals surface area contributed by atoms with Gasteiger partial charge in [0, 0.05) is 41.0 Å². The van der Waals surface area contributed by atoms with Crippen LogP contribution in [0, 0.1) is 17.0 Å². The Morgan fingerprint density at radius 2 is 2.17 bits per heavy atom. The zero-order valence-corrected chi connectivity index (χ0v) is 12.0. The fraction of sp³-hybridized carbons (Fsp3) is 0.455. The molecule has 1 aromatic carbocycles. The number of non-ortho nitro benzene ring substituents is 1. The predicted molar refractivity (Wildman–Crippen MR) is 74.9 cm³/mol. The van der Waals surface area contributed by atoms with Crippen molar-refractivity contribution in [2.75, 3.05) is 17.3 Å². The van der Waals surface area contributed by atoms with Gasteiger partial charge in [-0.15, -0.1) is 0 Å². The van der Waals surface area contributed by atoms with E-state index in [2.05, 4.69) is 5.32 Å². The highest BCUT2D eigenvalue weighted by atomic mass is 35.5. The molecule has 0 spiro atoms. The van der Waals surface area contributed by atoms with Crippen LogP contribution >= 0.6 is 11.6 Å². The minimum absolute atomic E-state index is 0.0199. The molecule has 1 aromatic rings. The number of aryl methyl sites for hydroxylation is 1. The van der Waals surface area contributed by atoms with E-state index in [4.69, 9.17) is 11.6 Å². The average Bonchev–Trinajstić information content (AvgIpc) is 2.21. The maximum atomic E-state index is 11.1. The molecule has 0 radical (unpaired) electrons. The summed E-state index contributed by atoms with van der Waals surface area (Å²) >= 11 is 6.02. The molecule has 0 aliphatic heterocycles. The van der Waals surface area contributed by atoms with Crippen LogP contribution in [0.3, 0.4) is 0 Å². The number of halogens is 1. The number of rotatable bonds is 5. The van der Waals surface area contributed by atoms with Crippen molar-refractivity contribution in [3.05, 3.63) is 32.8 Å². The quantitative estimate of drug-likeness (QED) is 0.668. The highest BCUT2D eigenvalue weighted by Crippen LogP contribution is 2.31. The van der Waals surface area contributed by atoms with E-state index in [1.54, 1.807) is 13.2 Å². The molecule has 0 bridgehead atoms. The van der Waals surface area contributed by atoms with Crippen LogP contribution in [0.25, 0.3) is 0 Å². The minimum atomic E-state index is -0.908. The van der Waals surface area contributed by atoms with Crippen LogP contribution in [0.4, 0.5) is 11.4 Å². The lowest BCUT2D eigenvalue weighted by atomic mass is 10.1. The third kappa shape index (κ3) is 3.96. The molecule has 18 heavy (non-hydrogen) atoms. The average molecular weight is 291 g/mol. The molecule has 0 saturated heterocycles. The van der Waals surface area contributed by atoms with E-state index in [-0.39, 0.29) is 11.7 Å². The van der Waals surface area contributed by atoms with Gasteiger partial charge in [-0.25, -0.2) is 0 Å². The first-order chi connectivity index (χ1) is 8.31. The van der Waals surface area contributed by atoms with Crippen LogP contribution in [0.1, 0.15) is 12.5 Å². The second kappa shape index (κ2) is 6.15. The van der Waals surface area contributed by atoms with Gasteiger partial charge in [-0.1, -0.05) is 11.6 Å². The molecule has 0 unspecified atom stereocenters. The Balaban J connectivity index is 2.96. The van der Waals surface area contributed by atoms with E-state index >= 15 is 0 Å². The van der Waals surface area contributed by atoms with Gasteiger partial charge in [0.15, 0.2) is 0 Å². The van der Waals surface area contributed by atoms with Gasteiger partial charge in [-0.05, 0) is 19.4 Å². The van der Waals surface area contributed by atoms with Gasteiger partial charge >= 0.3 is 0 Å². The number of benzene rings is 1. The van der Waals surface area contributed by atoms with Gasteiger partial charge in [0.05, 0.1) is 15.6 Å². The molecule has 7 heteroatoms. The fourth-order valence-corrected chi connectivity index (χ4v) is 2.76. The summed E-state index contributed by atoms with van der Waals surface area (Å²) in [7, 11) is -0.908. The zero-order valence-electron chi connectivity index (χ0n) is 10.4. The van der Waals surface area contributed by atoms with Gasteiger partial charge < -0.3 is 5.32 Å². The number of nitrogens with one attached hydrogen (secondary N) is 1. The zero-order chi connectivity index (χ0) is 13.9. The number of nitrogens with zero attached hydrogens (tertiary/aromatic N) is 1. The second-order valence-corrected chi connectivity index (χ2v) is 6.05. The molecule has 1 N–H and O–H groups in total. The number of hydrogen-bond acceptors (Lipinski definition) is 4. The summed E-state index contributed by atoms with van der Waals surface area (Å²) in [6, 6.07) is 2.75. The molecule has 2 atom stereocenters. The van der Waals surface area contributed by atoms with Crippen LogP contribution in [0.2, 0.25) is 5.02 Å². The van der Waals surface area contributed by atoms with Crippen molar-refractivity contribution in [1.82, 2.24) is 0 Å². The maximum Gasteiger partial charge on any atom is 0.271 e. The molecule has 0 saturated carbocycles. The van der Waals surface area contributed by atoms with Crippen molar-refractivity contribution in [3.8, 4) is 0 Å². The maximum absolute atomic E-state index is 11.1. The topological polar surface area (TPSA) is 72.2 Å². The largest absolute Gasteiger partial charge is 0.380 e. The lowest BCUT2D eigenvalue weighted by molar-refractivity contribution is -0.384. The lowest BCUT2D eigenvalue weighted by Crippen LogP contribution is -2.23. The Hall–Kier alpha value is -1.14. The van der Waals surface area contributed by atoms with Gasteiger partial charge in [0.2, 0.25) is 0 Å². The van der Waals surface area contributed by atoms with E-state index in [0.29, 0.717) is 22.0 Å². The Kier molecular flexibility index (Phi) is 5.10. The minimum Gasteiger partial charge on any atom is -0.380 e. The van der Waals surface area contributed by atoms with E-state index in [9.17, 15) is 14.3 Å². The van der Waals surface area contributed by atoms with Gasteiger partial charge in [0.25, 0.3) is 5.69 Å². The predicted octanol–water partition coefficient (Wildman–Crippen LogP) is 2.74. The summed E-state index contributed by atoms with van der Waals surface area (Å²) in [5, 5.41) is 14.1. The van der Waals surface area contributed by atoms with Crippen molar-refractivity contribution in [3.63, 3.8) is 0 Å². The molecule has 100 valence electrons. The molecule has 0 aromatic heterocycles. The molecule has 0 fully saturated rings.